The highest BCUT2D eigenvalue weighted by Gasteiger charge is 2.29. The fraction of sp³-hybridized carbons (Fsp3) is 0.440. The molecule has 0 saturated heterocycles. The first kappa shape index (κ1) is 24.9. The van der Waals surface area contributed by atoms with Crippen LogP contribution in [0.3, 0.4) is 0 Å². The fourth-order valence-corrected chi connectivity index (χ4v) is 5.10. The molecule has 2 aromatic carbocycles. The molecule has 0 heterocycles. The minimum Gasteiger partial charge on any atom is -0.350 e. The van der Waals surface area contributed by atoms with Crippen LogP contribution in [0.5, 0.6) is 0 Å². The van der Waals surface area contributed by atoms with E-state index < -0.39 is 10.0 Å². The summed E-state index contributed by atoms with van der Waals surface area (Å²) in [6.45, 7) is 6.41. The van der Waals surface area contributed by atoms with E-state index in [-0.39, 0.29) is 28.7 Å². The number of benzene rings is 2. The lowest BCUT2D eigenvalue weighted by Gasteiger charge is -2.18. The predicted octanol–water partition coefficient (Wildman–Crippen LogP) is 3.88. The highest BCUT2D eigenvalue weighted by Crippen LogP contribution is 2.30. The molecule has 3 rings (SSSR count). The predicted molar refractivity (Wildman–Crippen MR) is 129 cm³/mol. The summed E-state index contributed by atoms with van der Waals surface area (Å²) < 4.78 is 26.6. The summed E-state index contributed by atoms with van der Waals surface area (Å²) in [5, 5.41) is 5.90. The maximum absolute atomic E-state index is 12.6. The molecule has 33 heavy (non-hydrogen) atoms. The molecule has 1 fully saturated rings. The number of nitrogens with zero attached hydrogens (tertiary/aromatic N) is 1. The Balaban J connectivity index is 1.49. The molecule has 2 amide bonds. The Hall–Kier alpha value is -2.71. The molecule has 2 aromatic rings. The van der Waals surface area contributed by atoms with Gasteiger partial charge >= 0.3 is 0 Å². The Morgan fingerprint density at radius 3 is 2.15 bits per heavy atom. The van der Waals surface area contributed by atoms with E-state index in [0.29, 0.717) is 25.9 Å². The van der Waals surface area contributed by atoms with Crippen molar-refractivity contribution in [3.63, 3.8) is 0 Å². The number of carbonyl (C=O) groups is 2. The third-order valence-corrected chi connectivity index (χ3v) is 7.98. The van der Waals surface area contributed by atoms with E-state index in [1.165, 1.54) is 4.31 Å². The van der Waals surface area contributed by atoms with Gasteiger partial charge in [-0.05, 0) is 61.6 Å². The van der Waals surface area contributed by atoms with Gasteiger partial charge in [-0.3, -0.25) is 9.59 Å². The van der Waals surface area contributed by atoms with Crippen molar-refractivity contribution >= 4 is 27.5 Å². The number of aryl methyl sites for hydroxylation is 1. The number of nitrogens with one attached hydrogen (secondary N) is 2. The van der Waals surface area contributed by atoms with Crippen LogP contribution in [-0.4, -0.2) is 37.6 Å². The van der Waals surface area contributed by atoms with Gasteiger partial charge in [0, 0.05) is 31.1 Å². The number of amides is 2. The minimum absolute atomic E-state index is 0.0720. The lowest BCUT2D eigenvalue weighted by molar-refractivity contribution is -0.121. The molecule has 1 aliphatic carbocycles. The van der Waals surface area contributed by atoms with Gasteiger partial charge in [-0.1, -0.05) is 38.1 Å². The van der Waals surface area contributed by atoms with Gasteiger partial charge < -0.3 is 10.6 Å². The first-order chi connectivity index (χ1) is 15.7. The highest BCUT2D eigenvalue weighted by molar-refractivity contribution is 7.89. The van der Waals surface area contributed by atoms with E-state index in [1.54, 1.807) is 24.3 Å². The molecule has 0 aliphatic heterocycles. The van der Waals surface area contributed by atoms with Crippen LogP contribution >= 0.6 is 0 Å². The third kappa shape index (κ3) is 6.65. The molecule has 1 saturated carbocycles. The molecule has 1 unspecified atom stereocenters. The summed E-state index contributed by atoms with van der Waals surface area (Å²) in [6.07, 6.45) is 2.76. The zero-order chi connectivity index (χ0) is 24.0. The summed E-state index contributed by atoms with van der Waals surface area (Å²) in [4.78, 5) is 24.5. The largest absolute Gasteiger partial charge is 0.350 e. The third-order valence-electron chi connectivity index (χ3n) is 5.91. The van der Waals surface area contributed by atoms with E-state index in [0.717, 1.165) is 29.7 Å². The number of rotatable bonds is 11. The standard InChI is InChI=1S/C25H33N3O4S/c1-4-28(5-2)33(31,32)23-15-6-19(7-16-23)8-17-24(29)26-18(3)20-11-13-22(14-12-20)27-25(30)21-9-10-21/h6-7,11-16,18,21H,4-5,8-10,17H2,1-3H3,(H,26,29)(H,27,30). The van der Waals surface area contributed by atoms with Crippen LogP contribution in [0.25, 0.3) is 0 Å². The van der Waals surface area contributed by atoms with Crippen molar-refractivity contribution in [2.45, 2.75) is 57.4 Å². The molecule has 178 valence electrons. The molecule has 1 aliphatic rings. The van der Waals surface area contributed by atoms with Crippen LogP contribution < -0.4 is 10.6 Å². The van der Waals surface area contributed by atoms with E-state index in [4.69, 9.17) is 0 Å². The summed E-state index contributed by atoms with van der Waals surface area (Å²) in [7, 11) is -3.48. The number of hydrogen-bond acceptors (Lipinski definition) is 4. The van der Waals surface area contributed by atoms with Crippen molar-refractivity contribution in [1.29, 1.82) is 0 Å². The van der Waals surface area contributed by atoms with Gasteiger partial charge in [-0.15, -0.1) is 0 Å². The average Bonchev–Trinajstić information content (AvgIpc) is 3.65. The second-order valence-electron chi connectivity index (χ2n) is 8.41. The number of carbonyl (C=O) groups excluding carboxylic acids is 2. The molecule has 0 radical (unpaired) electrons. The Morgan fingerprint density at radius 2 is 1.61 bits per heavy atom. The quantitative estimate of drug-likeness (QED) is 0.520. The molecule has 2 N–H and O–H groups in total. The van der Waals surface area contributed by atoms with E-state index in [1.807, 2.05) is 45.0 Å². The van der Waals surface area contributed by atoms with Crippen molar-refractivity contribution < 1.29 is 18.0 Å². The lowest BCUT2D eigenvalue weighted by atomic mass is 10.1. The highest BCUT2D eigenvalue weighted by atomic mass is 32.2. The normalized spacial score (nSPS) is 14.7. The monoisotopic (exact) mass is 471 g/mol. The zero-order valence-electron chi connectivity index (χ0n) is 19.5. The van der Waals surface area contributed by atoms with Gasteiger partial charge in [-0.25, -0.2) is 8.42 Å². The average molecular weight is 472 g/mol. The van der Waals surface area contributed by atoms with Crippen LogP contribution in [0.15, 0.2) is 53.4 Å². The van der Waals surface area contributed by atoms with Crippen molar-refractivity contribution in [3.8, 4) is 0 Å². The second-order valence-corrected chi connectivity index (χ2v) is 10.3. The molecule has 0 bridgehead atoms. The van der Waals surface area contributed by atoms with E-state index >= 15 is 0 Å². The number of anilines is 1. The molecule has 0 aromatic heterocycles. The van der Waals surface area contributed by atoms with Crippen LogP contribution in [0.1, 0.15) is 57.2 Å². The maximum Gasteiger partial charge on any atom is 0.243 e. The minimum atomic E-state index is -3.48. The summed E-state index contributed by atoms with van der Waals surface area (Å²) in [5.41, 5.74) is 2.63. The van der Waals surface area contributed by atoms with Crippen LogP contribution in [0.4, 0.5) is 5.69 Å². The first-order valence-electron chi connectivity index (χ1n) is 11.5. The Morgan fingerprint density at radius 1 is 1.00 bits per heavy atom. The Bertz CT molecular complexity index is 1060. The zero-order valence-corrected chi connectivity index (χ0v) is 20.3. The first-order valence-corrected chi connectivity index (χ1v) is 13.0. The SMILES string of the molecule is CCN(CC)S(=O)(=O)c1ccc(CCC(=O)NC(C)c2ccc(NC(=O)C3CC3)cc2)cc1. The smallest absolute Gasteiger partial charge is 0.243 e. The fourth-order valence-electron chi connectivity index (χ4n) is 3.64. The Kier molecular flexibility index (Phi) is 8.26. The summed E-state index contributed by atoms with van der Waals surface area (Å²) >= 11 is 0. The van der Waals surface area contributed by atoms with Gasteiger partial charge in [0.05, 0.1) is 10.9 Å². The van der Waals surface area contributed by atoms with Gasteiger partial charge in [0.2, 0.25) is 21.8 Å². The van der Waals surface area contributed by atoms with E-state index in [9.17, 15) is 18.0 Å². The number of sulfonamides is 1. The van der Waals surface area contributed by atoms with Gasteiger partial charge in [-0.2, -0.15) is 4.31 Å². The van der Waals surface area contributed by atoms with Crippen molar-refractivity contribution in [2.24, 2.45) is 5.92 Å². The van der Waals surface area contributed by atoms with E-state index in [2.05, 4.69) is 10.6 Å². The van der Waals surface area contributed by atoms with Gasteiger partial charge in [0.1, 0.15) is 0 Å². The van der Waals surface area contributed by atoms with Crippen LogP contribution in [-0.2, 0) is 26.0 Å². The van der Waals surface area contributed by atoms with Crippen molar-refractivity contribution in [1.82, 2.24) is 9.62 Å². The maximum atomic E-state index is 12.6. The Labute approximate surface area is 196 Å². The molecule has 0 spiro atoms. The van der Waals surface area contributed by atoms with Gasteiger partial charge in [0.25, 0.3) is 0 Å². The lowest BCUT2D eigenvalue weighted by Crippen LogP contribution is -2.30. The molecule has 1 atom stereocenters. The molecule has 8 heteroatoms. The van der Waals surface area contributed by atoms with Crippen LogP contribution in [0.2, 0.25) is 0 Å². The van der Waals surface area contributed by atoms with Crippen LogP contribution in [0, 0.1) is 5.92 Å². The van der Waals surface area contributed by atoms with Gasteiger partial charge in [0.15, 0.2) is 0 Å². The molecule has 7 nitrogen and oxygen atoms in total. The molecular weight excluding hydrogens is 438 g/mol. The molecular formula is C25H33N3O4S. The summed E-state index contributed by atoms with van der Waals surface area (Å²) in [5.74, 6) is 0.155. The number of hydrogen-bond donors (Lipinski definition) is 2. The van der Waals surface area contributed by atoms with Crippen molar-refractivity contribution in [2.75, 3.05) is 18.4 Å². The van der Waals surface area contributed by atoms with Crippen molar-refractivity contribution in [3.05, 3.63) is 59.7 Å². The topological polar surface area (TPSA) is 95.6 Å². The summed E-state index contributed by atoms with van der Waals surface area (Å²) in [6, 6.07) is 14.1. The second kappa shape index (κ2) is 10.9.